The van der Waals surface area contributed by atoms with Crippen molar-refractivity contribution in [1.82, 2.24) is 9.97 Å². The summed E-state index contributed by atoms with van der Waals surface area (Å²) in [4.78, 5) is 21.2. The number of oxazole rings is 1. The minimum atomic E-state index is -0.261. The lowest BCUT2D eigenvalue weighted by Crippen LogP contribution is -2.12. The highest BCUT2D eigenvalue weighted by atomic mass is 16.5. The molecule has 4 aromatic rings. The Hall–Kier alpha value is -3.87. The van der Waals surface area contributed by atoms with Crippen LogP contribution in [0.2, 0.25) is 0 Å². The predicted octanol–water partition coefficient (Wildman–Crippen LogP) is 4.41. The van der Waals surface area contributed by atoms with Gasteiger partial charge in [0.05, 0.1) is 14.2 Å². The summed E-state index contributed by atoms with van der Waals surface area (Å²) in [5, 5.41) is 2.85. The number of benzene rings is 2. The third kappa shape index (κ3) is 3.37. The van der Waals surface area contributed by atoms with E-state index in [9.17, 15) is 4.79 Å². The third-order valence-electron chi connectivity index (χ3n) is 4.18. The number of rotatable bonds is 5. The second-order valence-corrected chi connectivity index (χ2v) is 5.95. The minimum Gasteiger partial charge on any atom is -0.493 e. The Morgan fingerprint density at radius 2 is 1.89 bits per heavy atom. The van der Waals surface area contributed by atoms with Gasteiger partial charge in [0.2, 0.25) is 5.89 Å². The van der Waals surface area contributed by atoms with Crippen LogP contribution in [0.5, 0.6) is 11.5 Å². The Labute approximate surface area is 162 Å². The van der Waals surface area contributed by atoms with Gasteiger partial charge in [-0.25, -0.2) is 4.98 Å². The number of methoxy groups -OCH3 is 2. The van der Waals surface area contributed by atoms with Crippen LogP contribution in [-0.4, -0.2) is 30.1 Å². The number of nitrogens with zero attached hydrogens (tertiary/aromatic N) is 2. The SMILES string of the molecule is COc1ccc(NC(=O)c2cccc(-c3nc4ncccc4o3)c2)cc1OC.[HH]. The quantitative estimate of drug-likeness (QED) is 0.554. The molecule has 7 nitrogen and oxygen atoms in total. The minimum absolute atomic E-state index is 0. The molecule has 0 atom stereocenters. The topological polar surface area (TPSA) is 86.5 Å². The van der Waals surface area contributed by atoms with Gasteiger partial charge in [-0.15, -0.1) is 0 Å². The molecule has 4 rings (SSSR count). The number of fused-ring (bicyclic) bond motifs is 1. The Morgan fingerprint density at radius 1 is 1.04 bits per heavy atom. The molecule has 0 bridgehead atoms. The molecule has 0 saturated heterocycles. The van der Waals surface area contributed by atoms with Crippen LogP contribution < -0.4 is 14.8 Å². The standard InChI is InChI=1S/C21H17N3O4.H2/c1-26-16-9-8-15(12-18(16)27-2)23-20(25)13-5-3-6-14(11-13)21-24-19-17(28-21)7-4-10-22-19;/h3-12H,1-2H3,(H,23,25);1H. The Bertz CT molecular complexity index is 1130. The maximum absolute atomic E-state index is 12.7. The number of anilines is 1. The van der Waals surface area contributed by atoms with E-state index in [0.29, 0.717) is 45.4 Å². The maximum atomic E-state index is 12.7. The van der Waals surface area contributed by atoms with E-state index in [2.05, 4.69) is 15.3 Å². The zero-order chi connectivity index (χ0) is 19.5. The first-order chi connectivity index (χ1) is 13.7. The number of carbonyl (C=O) groups is 1. The third-order valence-corrected chi connectivity index (χ3v) is 4.18. The predicted molar refractivity (Wildman–Crippen MR) is 107 cm³/mol. The van der Waals surface area contributed by atoms with Crippen molar-refractivity contribution in [3.05, 3.63) is 66.4 Å². The Kier molecular flexibility index (Phi) is 4.63. The molecule has 0 fully saturated rings. The number of ether oxygens (including phenoxy) is 2. The smallest absolute Gasteiger partial charge is 0.255 e. The van der Waals surface area contributed by atoms with Crippen molar-refractivity contribution in [3.8, 4) is 23.0 Å². The number of nitrogens with one attached hydrogen (secondary N) is 1. The van der Waals surface area contributed by atoms with E-state index in [1.165, 1.54) is 0 Å². The van der Waals surface area contributed by atoms with Crippen molar-refractivity contribution in [3.63, 3.8) is 0 Å². The lowest BCUT2D eigenvalue weighted by atomic mass is 10.1. The number of aromatic nitrogens is 2. The fraction of sp³-hybridized carbons (Fsp3) is 0.0952. The summed E-state index contributed by atoms with van der Waals surface area (Å²) in [6.45, 7) is 0. The van der Waals surface area contributed by atoms with Crippen LogP contribution >= 0.6 is 0 Å². The van der Waals surface area contributed by atoms with Gasteiger partial charge in [-0.05, 0) is 42.5 Å². The molecule has 0 aliphatic rings. The molecule has 2 aromatic carbocycles. The first kappa shape index (κ1) is 17.5. The van der Waals surface area contributed by atoms with Crippen molar-refractivity contribution in [2.24, 2.45) is 0 Å². The summed E-state index contributed by atoms with van der Waals surface area (Å²) in [5.41, 5.74) is 2.88. The Balaban J connectivity index is 0.00000240. The lowest BCUT2D eigenvalue weighted by molar-refractivity contribution is 0.102. The van der Waals surface area contributed by atoms with E-state index < -0.39 is 0 Å². The van der Waals surface area contributed by atoms with Gasteiger partial charge in [-0.3, -0.25) is 4.79 Å². The second kappa shape index (κ2) is 7.40. The average molecular weight is 377 g/mol. The van der Waals surface area contributed by atoms with Crippen LogP contribution in [0.1, 0.15) is 11.8 Å². The Morgan fingerprint density at radius 3 is 2.68 bits per heavy atom. The van der Waals surface area contributed by atoms with Crippen molar-refractivity contribution in [2.75, 3.05) is 19.5 Å². The van der Waals surface area contributed by atoms with Crippen molar-refractivity contribution in [2.45, 2.75) is 0 Å². The van der Waals surface area contributed by atoms with Gasteiger partial charge >= 0.3 is 0 Å². The number of pyridine rings is 1. The van der Waals surface area contributed by atoms with E-state index in [4.69, 9.17) is 13.9 Å². The number of amides is 1. The summed E-state index contributed by atoms with van der Waals surface area (Å²) in [6.07, 6.45) is 1.65. The fourth-order valence-corrected chi connectivity index (χ4v) is 2.80. The van der Waals surface area contributed by atoms with Gasteiger partial charge in [0, 0.05) is 30.5 Å². The van der Waals surface area contributed by atoms with E-state index in [1.54, 1.807) is 68.9 Å². The second-order valence-electron chi connectivity index (χ2n) is 5.95. The van der Waals surface area contributed by atoms with Gasteiger partial charge in [-0.2, -0.15) is 4.98 Å². The van der Waals surface area contributed by atoms with E-state index in [1.807, 2.05) is 6.07 Å². The zero-order valence-corrected chi connectivity index (χ0v) is 15.3. The summed E-state index contributed by atoms with van der Waals surface area (Å²) in [7, 11) is 3.10. The molecule has 2 heterocycles. The fourth-order valence-electron chi connectivity index (χ4n) is 2.80. The monoisotopic (exact) mass is 377 g/mol. The van der Waals surface area contributed by atoms with Gasteiger partial charge < -0.3 is 19.2 Å². The zero-order valence-electron chi connectivity index (χ0n) is 15.3. The first-order valence-electron chi connectivity index (χ1n) is 8.53. The van der Waals surface area contributed by atoms with Crippen molar-refractivity contribution < 1.29 is 20.1 Å². The summed E-state index contributed by atoms with van der Waals surface area (Å²) in [6, 6.07) is 15.8. The van der Waals surface area contributed by atoms with E-state index in [0.717, 1.165) is 0 Å². The van der Waals surface area contributed by atoms with Crippen LogP contribution in [0.4, 0.5) is 5.69 Å². The molecule has 28 heavy (non-hydrogen) atoms. The highest BCUT2D eigenvalue weighted by Gasteiger charge is 2.13. The lowest BCUT2D eigenvalue weighted by Gasteiger charge is -2.11. The molecule has 1 amide bonds. The average Bonchev–Trinajstić information content (AvgIpc) is 3.18. The highest BCUT2D eigenvalue weighted by Crippen LogP contribution is 2.30. The number of hydrogen-bond acceptors (Lipinski definition) is 6. The van der Waals surface area contributed by atoms with E-state index >= 15 is 0 Å². The normalized spacial score (nSPS) is 10.6. The van der Waals surface area contributed by atoms with Crippen LogP contribution in [0.3, 0.4) is 0 Å². The molecule has 0 unspecified atom stereocenters. The number of carbonyl (C=O) groups excluding carboxylic acids is 1. The molecule has 0 saturated carbocycles. The first-order valence-corrected chi connectivity index (χ1v) is 8.53. The summed E-state index contributed by atoms with van der Waals surface area (Å²) < 4.78 is 16.2. The van der Waals surface area contributed by atoms with Crippen LogP contribution in [0.25, 0.3) is 22.7 Å². The van der Waals surface area contributed by atoms with Crippen LogP contribution in [-0.2, 0) is 0 Å². The van der Waals surface area contributed by atoms with E-state index in [-0.39, 0.29) is 7.33 Å². The molecule has 0 spiro atoms. The van der Waals surface area contributed by atoms with Crippen molar-refractivity contribution in [1.29, 1.82) is 0 Å². The molecular formula is C21H19N3O4. The molecule has 0 aliphatic carbocycles. The van der Waals surface area contributed by atoms with Gasteiger partial charge in [0.1, 0.15) is 0 Å². The van der Waals surface area contributed by atoms with Crippen LogP contribution in [0, 0.1) is 0 Å². The van der Waals surface area contributed by atoms with Gasteiger partial charge in [0.25, 0.3) is 5.91 Å². The summed E-state index contributed by atoms with van der Waals surface area (Å²) in [5.74, 6) is 1.28. The maximum Gasteiger partial charge on any atom is 0.255 e. The van der Waals surface area contributed by atoms with Crippen LogP contribution in [0.15, 0.2) is 65.2 Å². The van der Waals surface area contributed by atoms with Gasteiger partial charge in [-0.1, -0.05) is 6.07 Å². The summed E-state index contributed by atoms with van der Waals surface area (Å²) >= 11 is 0. The van der Waals surface area contributed by atoms with Gasteiger partial charge in [0.15, 0.2) is 22.7 Å². The molecule has 0 radical (unpaired) electrons. The molecule has 142 valence electrons. The molecule has 7 heteroatoms. The molecule has 2 aromatic heterocycles. The highest BCUT2D eigenvalue weighted by molar-refractivity contribution is 6.05. The number of hydrogen-bond donors (Lipinski definition) is 1. The molecule has 0 aliphatic heterocycles. The van der Waals surface area contributed by atoms with Crippen molar-refractivity contribution >= 4 is 22.8 Å². The molecular weight excluding hydrogens is 358 g/mol. The largest absolute Gasteiger partial charge is 0.493 e. The molecule has 1 N–H and O–H groups in total.